The van der Waals surface area contributed by atoms with Gasteiger partial charge in [0.1, 0.15) is 18.1 Å². The summed E-state index contributed by atoms with van der Waals surface area (Å²) in [6.07, 6.45) is -0.460. The number of unbranched alkanes of at least 4 members (excludes halogenated alkanes) is 2. The maximum Gasteiger partial charge on any atom is 0.640 e. The number of halogens is 20. The smallest absolute Gasteiger partial charge is 0.386 e. The molecule has 372 valence electrons. The molecule has 69 heavy (non-hydrogen) atoms. The summed E-state index contributed by atoms with van der Waals surface area (Å²) in [5.41, 5.74) is -28.2. The monoisotopic (exact) mass is 1010 g/mol. The van der Waals surface area contributed by atoms with E-state index in [-0.39, 0.29) is 42.7 Å². The van der Waals surface area contributed by atoms with Gasteiger partial charge in [0.05, 0.1) is 22.3 Å². The lowest BCUT2D eigenvalue weighted by atomic mass is 9.54. The van der Waals surface area contributed by atoms with Crippen LogP contribution in [-0.4, -0.2) is 37.9 Å². The topological polar surface area (TPSA) is 30.7 Å². The fourth-order valence-electron chi connectivity index (χ4n) is 7.78. The van der Waals surface area contributed by atoms with E-state index in [2.05, 4.69) is 0 Å². The maximum absolute atomic E-state index is 17.3. The van der Waals surface area contributed by atoms with Crippen molar-refractivity contribution >= 4 is 18.7 Å². The molecule has 0 N–H and O–H groups in total. The second-order valence-corrected chi connectivity index (χ2v) is 15.0. The molecule has 0 atom stereocenters. The quantitative estimate of drug-likeness (QED) is 0.0177. The third-order valence-corrected chi connectivity index (χ3v) is 11.1. The van der Waals surface area contributed by atoms with Crippen molar-refractivity contribution < 1.29 is 106 Å². The number of aryl methyl sites for hydroxylation is 1. The number of hydrogen-bond donors (Lipinski definition) is 0. The van der Waals surface area contributed by atoms with E-state index in [0.717, 1.165) is 25.1 Å². The standard InChI is InChI=1S/C44H31BF20NO3/c1-6-8-14-67-45(68-15-9-7-2)69-44(21-27(50)35(58)41(64)36(59)28(21)51,22-29(52)37(60)42(65)38(61)30(22)53)43(17(4)66(5)18-13-11-10-12-16(18)3,19-23(46)31(54)39(62)32(55)24(19)47)20-25(48)33(56)40(63)34(57)26(20)49/h10-13H,6-9,14-15H2,1-5H3/q+1. The molecule has 25 heteroatoms. The lowest BCUT2D eigenvalue weighted by Crippen LogP contribution is -2.64. The van der Waals surface area contributed by atoms with E-state index in [0.29, 0.717) is 7.05 Å². The van der Waals surface area contributed by atoms with Crippen LogP contribution < -0.4 is 0 Å². The number of rotatable bonds is 17. The molecule has 0 aliphatic rings. The van der Waals surface area contributed by atoms with Crippen molar-refractivity contribution in [1.82, 2.24) is 0 Å². The molecule has 0 fully saturated rings. The number of benzene rings is 5. The van der Waals surface area contributed by atoms with Gasteiger partial charge >= 0.3 is 7.32 Å². The SMILES string of the molecule is CCCCOB(OCCCC)OC(c1c(F)c(F)c(F)c(F)c1F)(c1c(F)c(F)c(F)c(F)c1F)C(C(C)=[N+](C)c1ccccc1C)(c1c(F)c(F)c(F)c(F)c1F)c1c(F)c(F)c(F)c(F)c1F. The van der Waals surface area contributed by atoms with E-state index in [9.17, 15) is 0 Å². The Bertz CT molecular complexity index is 2610. The van der Waals surface area contributed by atoms with Crippen LogP contribution in [0.4, 0.5) is 93.5 Å². The minimum absolute atomic E-state index is 0.0370. The first-order valence-corrected chi connectivity index (χ1v) is 19.9. The first kappa shape index (κ1) is 54.3. The molecule has 0 amide bonds. The summed E-state index contributed by atoms with van der Waals surface area (Å²) in [6.45, 7) is 2.17. The normalized spacial score (nSPS) is 12.6. The Hall–Kier alpha value is -5.69. The molecule has 0 heterocycles. The molecule has 4 nitrogen and oxygen atoms in total. The number of para-hydroxylation sites is 1. The van der Waals surface area contributed by atoms with E-state index in [1.54, 1.807) is 0 Å². The highest BCUT2D eigenvalue weighted by atomic mass is 19.2. The van der Waals surface area contributed by atoms with Gasteiger partial charge in [-0.2, -0.15) is 0 Å². The molecule has 0 radical (unpaired) electrons. The van der Waals surface area contributed by atoms with Crippen LogP contribution in [0.25, 0.3) is 0 Å². The Balaban J connectivity index is 2.53. The highest BCUT2D eigenvalue weighted by Crippen LogP contribution is 2.61. The van der Waals surface area contributed by atoms with Crippen molar-refractivity contribution in [3.05, 3.63) is 168 Å². The van der Waals surface area contributed by atoms with Gasteiger partial charge in [0.15, 0.2) is 98.8 Å². The third-order valence-electron chi connectivity index (χ3n) is 11.1. The molecule has 5 aromatic rings. The third kappa shape index (κ3) is 8.50. The van der Waals surface area contributed by atoms with Crippen molar-refractivity contribution in [2.45, 2.75) is 64.4 Å². The molecule has 0 spiro atoms. The average Bonchev–Trinajstić information content (AvgIpc) is 3.32. The summed E-state index contributed by atoms with van der Waals surface area (Å²) in [4.78, 5) is 0. The van der Waals surface area contributed by atoms with Crippen LogP contribution >= 0.6 is 0 Å². The summed E-state index contributed by atoms with van der Waals surface area (Å²) in [7, 11) is -2.87. The second kappa shape index (κ2) is 20.7. The van der Waals surface area contributed by atoms with Crippen LogP contribution in [0.15, 0.2) is 24.3 Å². The molecule has 0 unspecified atom stereocenters. The highest BCUT2D eigenvalue weighted by molar-refractivity contribution is 6.36. The minimum Gasteiger partial charge on any atom is -0.386 e. The van der Waals surface area contributed by atoms with Crippen LogP contribution in [-0.2, 0) is 25.0 Å². The fourth-order valence-corrected chi connectivity index (χ4v) is 7.78. The first-order chi connectivity index (χ1) is 32.3. The Morgan fingerprint density at radius 2 is 0.725 bits per heavy atom. The molecule has 0 aliphatic carbocycles. The zero-order chi connectivity index (χ0) is 51.9. The predicted octanol–water partition coefficient (Wildman–Crippen LogP) is 13.1. The first-order valence-electron chi connectivity index (χ1n) is 19.9. The van der Waals surface area contributed by atoms with Gasteiger partial charge in [-0.1, -0.05) is 44.9 Å². The molecule has 0 aromatic heterocycles. The lowest BCUT2D eigenvalue weighted by molar-refractivity contribution is -0.410. The average molecular weight is 1010 g/mol. The lowest BCUT2D eigenvalue weighted by Gasteiger charge is -2.51. The van der Waals surface area contributed by atoms with Gasteiger partial charge in [0.25, 0.3) is 0 Å². The Morgan fingerprint density at radius 1 is 0.449 bits per heavy atom. The summed E-state index contributed by atoms with van der Waals surface area (Å²) in [5.74, 6) is -69.5. The van der Waals surface area contributed by atoms with Crippen LogP contribution in [0, 0.1) is 123 Å². The largest absolute Gasteiger partial charge is 0.640 e. The Kier molecular flexibility index (Phi) is 16.3. The molecular formula is C44H31BF20NO3+. The molecule has 5 rings (SSSR count). The van der Waals surface area contributed by atoms with Gasteiger partial charge in [-0.15, -0.1) is 0 Å². The van der Waals surface area contributed by atoms with Crippen molar-refractivity contribution in [3.63, 3.8) is 0 Å². The van der Waals surface area contributed by atoms with E-state index < -0.39 is 182 Å². The molecular weight excluding hydrogens is 981 g/mol. The summed E-state index contributed by atoms with van der Waals surface area (Å²) >= 11 is 0. The van der Waals surface area contributed by atoms with Crippen LogP contribution in [0.2, 0.25) is 0 Å². The zero-order valence-electron chi connectivity index (χ0n) is 35.9. The Morgan fingerprint density at radius 3 is 1.01 bits per heavy atom. The van der Waals surface area contributed by atoms with E-state index >= 15 is 87.8 Å². The summed E-state index contributed by atoms with van der Waals surface area (Å²) in [5, 5.41) is 0. The van der Waals surface area contributed by atoms with Crippen molar-refractivity contribution in [2.24, 2.45) is 0 Å². The minimum atomic E-state index is -6.01. The fraction of sp³-hybridized carbons (Fsp3) is 0.295. The second-order valence-electron chi connectivity index (χ2n) is 15.0. The van der Waals surface area contributed by atoms with E-state index in [4.69, 9.17) is 14.0 Å². The summed E-state index contributed by atoms with van der Waals surface area (Å²) in [6, 6.07) is 4.19. The molecule has 0 aliphatic heterocycles. The van der Waals surface area contributed by atoms with Gasteiger partial charge < -0.3 is 14.0 Å². The highest BCUT2D eigenvalue weighted by Gasteiger charge is 2.72. The molecule has 0 saturated heterocycles. The zero-order valence-corrected chi connectivity index (χ0v) is 35.9. The predicted molar refractivity (Wildman–Crippen MR) is 203 cm³/mol. The van der Waals surface area contributed by atoms with Gasteiger partial charge in [-0.05, 0) is 19.8 Å². The molecule has 0 saturated carbocycles. The van der Waals surface area contributed by atoms with Gasteiger partial charge in [-0.25, -0.2) is 92.4 Å². The van der Waals surface area contributed by atoms with Crippen molar-refractivity contribution in [3.8, 4) is 0 Å². The number of nitrogens with zero attached hydrogens (tertiary/aromatic N) is 1. The Labute approximate surface area is 377 Å². The van der Waals surface area contributed by atoms with E-state index in [1.807, 2.05) is 0 Å². The summed E-state index contributed by atoms with van der Waals surface area (Å²) < 4.78 is 343. The van der Waals surface area contributed by atoms with E-state index in [1.165, 1.54) is 19.9 Å². The van der Waals surface area contributed by atoms with Crippen LogP contribution in [0.5, 0.6) is 0 Å². The van der Waals surface area contributed by atoms with Crippen molar-refractivity contribution in [1.29, 1.82) is 0 Å². The van der Waals surface area contributed by atoms with Gasteiger partial charge in [0.2, 0.25) is 29.0 Å². The van der Waals surface area contributed by atoms with Crippen molar-refractivity contribution in [2.75, 3.05) is 20.3 Å². The molecule has 0 bridgehead atoms. The number of hydrogen-bond acceptors (Lipinski definition) is 3. The van der Waals surface area contributed by atoms with Crippen LogP contribution in [0.1, 0.15) is 74.3 Å². The van der Waals surface area contributed by atoms with Gasteiger partial charge in [0, 0.05) is 31.8 Å². The maximum atomic E-state index is 17.3. The van der Waals surface area contributed by atoms with Gasteiger partial charge in [-0.3, -0.25) is 0 Å². The van der Waals surface area contributed by atoms with Crippen LogP contribution in [0.3, 0.4) is 0 Å². The molecule has 5 aromatic carbocycles.